The zero-order chi connectivity index (χ0) is 23.9. The molecule has 35 heavy (non-hydrogen) atoms. The maximum Gasteiger partial charge on any atom is 0.199 e. The van der Waals surface area contributed by atoms with E-state index in [4.69, 9.17) is 17.3 Å². The molecular formula is C27H36N6S2. The van der Waals surface area contributed by atoms with E-state index < -0.39 is 0 Å². The normalized spacial score (nSPS) is 18.2. The molecule has 2 fully saturated rings. The van der Waals surface area contributed by atoms with Gasteiger partial charge in [0.05, 0.1) is 19.8 Å². The quantitative estimate of drug-likeness (QED) is 0.437. The van der Waals surface area contributed by atoms with Gasteiger partial charge in [-0.15, -0.1) is 0 Å². The van der Waals surface area contributed by atoms with Gasteiger partial charge in [0, 0.05) is 37.2 Å². The predicted octanol–water partition coefficient (Wildman–Crippen LogP) is 4.22. The van der Waals surface area contributed by atoms with Gasteiger partial charge in [-0.25, -0.2) is 4.68 Å². The topological polar surface area (TPSA) is 41.3 Å². The number of piperidine rings is 1. The molecule has 6 nitrogen and oxygen atoms in total. The molecule has 8 heteroatoms. The molecule has 0 unspecified atom stereocenters. The molecule has 3 aromatic rings. The molecule has 186 valence electrons. The third-order valence-electron chi connectivity index (χ3n) is 7.02. The summed E-state index contributed by atoms with van der Waals surface area (Å²) >= 11 is 7.97. The Balaban J connectivity index is 1.21. The van der Waals surface area contributed by atoms with Crippen molar-refractivity contribution in [3.63, 3.8) is 0 Å². The minimum atomic E-state index is 0.505. The molecule has 3 heterocycles. The van der Waals surface area contributed by atoms with E-state index in [1.807, 2.05) is 16.4 Å². The number of hydrogen-bond acceptors (Lipinski definition) is 6. The molecular weight excluding hydrogens is 472 g/mol. The molecule has 2 saturated heterocycles. The summed E-state index contributed by atoms with van der Waals surface area (Å²) < 4.78 is 5.04. The average Bonchev–Trinajstić information content (AvgIpc) is 3.19. The highest BCUT2D eigenvalue weighted by atomic mass is 32.2. The Morgan fingerprint density at radius 1 is 0.800 bits per heavy atom. The number of aromatic nitrogens is 3. The summed E-state index contributed by atoms with van der Waals surface area (Å²) in [5, 5.41) is 8.76. The fourth-order valence-electron chi connectivity index (χ4n) is 4.94. The van der Waals surface area contributed by atoms with E-state index in [0.717, 1.165) is 69.3 Å². The minimum absolute atomic E-state index is 0.505. The standard InChI is InChI=1S/C27H36N6S2/c34-27-32(20-24-9-5-2-6-10-24)26(21-31-15-17-35-18-16-31)29-33(27)22-28-25-11-13-30(14-12-25)19-23-7-3-1-4-8-23/h1-10,25,28H,11-22H2. The first-order valence-electron chi connectivity index (χ1n) is 12.7. The minimum Gasteiger partial charge on any atom is -0.299 e. The summed E-state index contributed by atoms with van der Waals surface area (Å²) in [4.78, 5) is 5.07. The van der Waals surface area contributed by atoms with E-state index in [0.29, 0.717) is 12.7 Å². The molecule has 2 aromatic carbocycles. The first-order chi connectivity index (χ1) is 17.2. The first-order valence-corrected chi connectivity index (χ1v) is 14.3. The fourth-order valence-corrected chi connectivity index (χ4v) is 6.20. The average molecular weight is 509 g/mol. The predicted molar refractivity (Wildman–Crippen MR) is 147 cm³/mol. The van der Waals surface area contributed by atoms with Crippen molar-refractivity contribution in [1.29, 1.82) is 0 Å². The SMILES string of the molecule is S=c1n(CNC2CCN(Cc3ccccc3)CC2)nc(CN2CCSCC2)n1Cc1ccccc1. The maximum atomic E-state index is 5.93. The van der Waals surface area contributed by atoms with Crippen molar-refractivity contribution >= 4 is 24.0 Å². The van der Waals surface area contributed by atoms with Gasteiger partial charge >= 0.3 is 0 Å². The Morgan fingerprint density at radius 2 is 1.40 bits per heavy atom. The van der Waals surface area contributed by atoms with Gasteiger partial charge in [0.2, 0.25) is 0 Å². The van der Waals surface area contributed by atoms with Crippen LogP contribution in [-0.4, -0.2) is 67.9 Å². The highest BCUT2D eigenvalue weighted by molar-refractivity contribution is 7.99. The maximum absolute atomic E-state index is 5.93. The van der Waals surface area contributed by atoms with Gasteiger partial charge in [-0.2, -0.15) is 16.9 Å². The Bertz CT molecular complexity index is 1100. The van der Waals surface area contributed by atoms with Crippen molar-refractivity contribution in [3.8, 4) is 0 Å². The Labute approximate surface area is 218 Å². The summed E-state index contributed by atoms with van der Waals surface area (Å²) in [5.74, 6) is 3.47. The highest BCUT2D eigenvalue weighted by Gasteiger charge is 2.21. The van der Waals surface area contributed by atoms with Crippen LogP contribution in [0.4, 0.5) is 0 Å². The number of benzene rings is 2. The molecule has 0 bridgehead atoms. The second-order valence-electron chi connectivity index (χ2n) is 9.56. The molecule has 0 radical (unpaired) electrons. The molecule has 0 aliphatic carbocycles. The molecule has 0 saturated carbocycles. The van der Waals surface area contributed by atoms with E-state index in [1.165, 1.54) is 22.6 Å². The lowest BCUT2D eigenvalue weighted by Gasteiger charge is -2.32. The summed E-state index contributed by atoms with van der Waals surface area (Å²) in [6.45, 7) is 7.84. The largest absolute Gasteiger partial charge is 0.299 e. The van der Waals surface area contributed by atoms with Crippen molar-refractivity contribution in [2.75, 3.05) is 37.7 Å². The zero-order valence-electron chi connectivity index (χ0n) is 20.4. The zero-order valence-corrected chi connectivity index (χ0v) is 22.0. The van der Waals surface area contributed by atoms with E-state index in [1.54, 1.807) is 0 Å². The summed E-state index contributed by atoms with van der Waals surface area (Å²) in [7, 11) is 0. The molecule has 2 aliphatic rings. The van der Waals surface area contributed by atoms with E-state index in [-0.39, 0.29) is 0 Å². The molecule has 0 atom stereocenters. The Kier molecular flexibility index (Phi) is 8.70. The third-order valence-corrected chi connectivity index (χ3v) is 8.39. The van der Waals surface area contributed by atoms with Crippen LogP contribution in [0, 0.1) is 4.77 Å². The van der Waals surface area contributed by atoms with Crippen LogP contribution in [0.2, 0.25) is 0 Å². The van der Waals surface area contributed by atoms with Crippen molar-refractivity contribution in [2.24, 2.45) is 0 Å². The summed E-state index contributed by atoms with van der Waals surface area (Å²) in [6, 6.07) is 21.9. The smallest absolute Gasteiger partial charge is 0.199 e. The van der Waals surface area contributed by atoms with Crippen LogP contribution in [0.15, 0.2) is 60.7 Å². The van der Waals surface area contributed by atoms with Crippen LogP contribution in [-0.2, 0) is 26.3 Å². The second kappa shape index (κ2) is 12.3. The van der Waals surface area contributed by atoms with Crippen LogP contribution >= 0.6 is 24.0 Å². The lowest BCUT2D eigenvalue weighted by atomic mass is 10.0. The summed E-state index contributed by atoms with van der Waals surface area (Å²) in [6.07, 6.45) is 2.31. The van der Waals surface area contributed by atoms with Crippen LogP contribution in [0.25, 0.3) is 0 Å². The number of nitrogens with zero attached hydrogens (tertiary/aromatic N) is 5. The van der Waals surface area contributed by atoms with Gasteiger partial charge in [-0.3, -0.25) is 19.7 Å². The third kappa shape index (κ3) is 6.83. The van der Waals surface area contributed by atoms with Crippen molar-refractivity contribution in [3.05, 3.63) is 82.4 Å². The summed E-state index contributed by atoms with van der Waals surface area (Å²) in [5.41, 5.74) is 2.66. The lowest BCUT2D eigenvalue weighted by Crippen LogP contribution is -2.42. The van der Waals surface area contributed by atoms with Gasteiger partial charge in [-0.05, 0) is 49.3 Å². The second-order valence-corrected chi connectivity index (χ2v) is 11.1. The van der Waals surface area contributed by atoms with E-state index >= 15 is 0 Å². The van der Waals surface area contributed by atoms with Gasteiger partial charge in [-0.1, -0.05) is 60.7 Å². The van der Waals surface area contributed by atoms with E-state index in [2.05, 4.69) is 80.3 Å². The molecule has 5 rings (SSSR count). The van der Waals surface area contributed by atoms with Crippen LogP contribution in [0.3, 0.4) is 0 Å². The number of thioether (sulfide) groups is 1. The fraction of sp³-hybridized carbons (Fsp3) is 0.481. The van der Waals surface area contributed by atoms with Crippen LogP contribution in [0.5, 0.6) is 0 Å². The number of nitrogens with one attached hydrogen (secondary N) is 1. The monoisotopic (exact) mass is 508 g/mol. The highest BCUT2D eigenvalue weighted by Crippen LogP contribution is 2.16. The number of likely N-dealkylation sites (tertiary alicyclic amines) is 1. The van der Waals surface area contributed by atoms with Crippen LogP contribution < -0.4 is 5.32 Å². The van der Waals surface area contributed by atoms with Crippen molar-refractivity contribution < 1.29 is 0 Å². The van der Waals surface area contributed by atoms with E-state index in [9.17, 15) is 0 Å². The lowest BCUT2D eigenvalue weighted by molar-refractivity contribution is 0.185. The molecule has 1 aromatic heterocycles. The molecule has 2 aliphatic heterocycles. The number of hydrogen-bond donors (Lipinski definition) is 1. The van der Waals surface area contributed by atoms with Crippen molar-refractivity contribution in [1.82, 2.24) is 29.5 Å². The van der Waals surface area contributed by atoms with Crippen LogP contribution in [0.1, 0.15) is 29.8 Å². The van der Waals surface area contributed by atoms with Gasteiger partial charge in [0.15, 0.2) is 4.77 Å². The first kappa shape index (κ1) is 24.7. The number of rotatable bonds is 9. The molecule has 1 N–H and O–H groups in total. The molecule has 0 amide bonds. The Morgan fingerprint density at radius 3 is 2.06 bits per heavy atom. The van der Waals surface area contributed by atoms with Crippen molar-refractivity contribution in [2.45, 2.75) is 45.2 Å². The Hall–Kier alpha value is -1.97. The van der Waals surface area contributed by atoms with Gasteiger partial charge < -0.3 is 0 Å². The van der Waals surface area contributed by atoms with Gasteiger partial charge in [0.25, 0.3) is 0 Å². The molecule has 0 spiro atoms. The van der Waals surface area contributed by atoms with Gasteiger partial charge in [0.1, 0.15) is 5.82 Å².